The number of nitrogens with zero attached hydrogens (tertiary/aromatic N) is 2. The molecule has 0 aliphatic rings. The summed E-state index contributed by atoms with van der Waals surface area (Å²) < 4.78 is 1.68. The Morgan fingerprint density at radius 2 is 2.00 bits per heavy atom. The van der Waals surface area contributed by atoms with Crippen LogP contribution in [0.4, 0.5) is 0 Å². The quantitative estimate of drug-likeness (QED) is 0.467. The third kappa shape index (κ3) is 3.76. The molecule has 1 atom stereocenters. The van der Waals surface area contributed by atoms with Crippen molar-refractivity contribution < 1.29 is 4.79 Å². The molecule has 0 radical (unpaired) electrons. The zero-order valence-electron chi connectivity index (χ0n) is 16.0. The Bertz CT molecular complexity index is 1190. The number of carbonyl (C=O) groups is 1. The van der Waals surface area contributed by atoms with Crippen molar-refractivity contribution in [1.82, 2.24) is 20.1 Å². The van der Waals surface area contributed by atoms with Gasteiger partial charge in [-0.2, -0.15) is 5.10 Å². The third-order valence-corrected chi connectivity index (χ3v) is 5.84. The van der Waals surface area contributed by atoms with Crippen molar-refractivity contribution in [3.63, 3.8) is 0 Å². The molecule has 4 aromatic rings. The fourth-order valence-corrected chi connectivity index (χ4v) is 4.11. The van der Waals surface area contributed by atoms with Crippen LogP contribution in [-0.2, 0) is 7.05 Å². The number of H-pyrrole nitrogens is 1. The summed E-state index contributed by atoms with van der Waals surface area (Å²) in [7, 11) is 1.81. The molecule has 1 amide bonds. The first kappa shape index (κ1) is 19.6. The number of hydrogen-bond donors (Lipinski definition) is 2. The molecule has 1 unspecified atom stereocenters. The van der Waals surface area contributed by atoms with E-state index in [2.05, 4.69) is 21.5 Å². The van der Waals surface area contributed by atoms with Crippen molar-refractivity contribution in [2.24, 2.45) is 7.05 Å². The summed E-state index contributed by atoms with van der Waals surface area (Å²) in [6.07, 6.45) is 3.56. The van der Waals surface area contributed by atoms with Gasteiger partial charge in [-0.05, 0) is 36.2 Å². The summed E-state index contributed by atoms with van der Waals surface area (Å²) in [5.41, 5.74) is 4.38. The van der Waals surface area contributed by atoms with E-state index in [0.29, 0.717) is 22.2 Å². The first-order chi connectivity index (χ1) is 14.0. The summed E-state index contributed by atoms with van der Waals surface area (Å²) >= 11 is 12.6. The lowest BCUT2D eigenvalue weighted by molar-refractivity contribution is 0.0951. The van der Waals surface area contributed by atoms with Gasteiger partial charge >= 0.3 is 0 Å². The van der Waals surface area contributed by atoms with Gasteiger partial charge in [-0.25, -0.2) is 0 Å². The molecular weight excluding hydrogens is 407 g/mol. The highest BCUT2D eigenvalue weighted by atomic mass is 35.5. The summed E-state index contributed by atoms with van der Waals surface area (Å²) in [6, 6.07) is 13.5. The standard InChI is InChI=1S/C22H20Cl2N4O/c1-13-17(12-27-28(13)2)22(29)26-11-18(15-8-7-14(23)9-20(15)24)19-10-25-21-6-4-3-5-16(19)21/h3-10,12,18,25H,11H2,1-2H3,(H,26,29). The zero-order chi connectivity index (χ0) is 20.5. The van der Waals surface area contributed by atoms with Crippen molar-refractivity contribution in [1.29, 1.82) is 0 Å². The minimum absolute atomic E-state index is 0.142. The Morgan fingerprint density at radius 3 is 2.72 bits per heavy atom. The molecule has 0 aliphatic heterocycles. The van der Waals surface area contributed by atoms with Crippen LogP contribution in [0.5, 0.6) is 0 Å². The van der Waals surface area contributed by atoms with Crippen LogP contribution in [0.1, 0.15) is 33.1 Å². The van der Waals surface area contributed by atoms with Crippen LogP contribution >= 0.6 is 23.2 Å². The molecule has 5 nitrogen and oxygen atoms in total. The van der Waals surface area contributed by atoms with Gasteiger partial charge in [0.25, 0.3) is 5.91 Å². The summed E-state index contributed by atoms with van der Waals surface area (Å²) in [4.78, 5) is 16.1. The molecule has 2 aromatic heterocycles. The summed E-state index contributed by atoms with van der Waals surface area (Å²) in [5.74, 6) is -0.303. The van der Waals surface area contributed by atoms with E-state index < -0.39 is 0 Å². The van der Waals surface area contributed by atoms with Gasteiger partial charge in [0.15, 0.2) is 0 Å². The number of aromatic amines is 1. The lowest BCUT2D eigenvalue weighted by Gasteiger charge is -2.19. The normalized spacial score (nSPS) is 12.3. The molecule has 0 saturated heterocycles. The van der Waals surface area contributed by atoms with E-state index in [1.807, 2.05) is 50.5 Å². The minimum atomic E-state index is -0.162. The van der Waals surface area contributed by atoms with Gasteiger partial charge in [0.05, 0.1) is 11.8 Å². The maximum Gasteiger partial charge on any atom is 0.254 e. The topological polar surface area (TPSA) is 62.7 Å². The van der Waals surface area contributed by atoms with E-state index in [-0.39, 0.29) is 11.8 Å². The number of nitrogens with one attached hydrogen (secondary N) is 2. The number of carbonyl (C=O) groups excluding carboxylic acids is 1. The van der Waals surface area contributed by atoms with Gasteiger partial charge < -0.3 is 10.3 Å². The summed E-state index contributed by atoms with van der Waals surface area (Å²) in [6.45, 7) is 2.26. The average Bonchev–Trinajstić information content (AvgIpc) is 3.27. The second-order valence-corrected chi connectivity index (χ2v) is 7.83. The molecule has 2 heterocycles. The Labute approximate surface area is 178 Å². The van der Waals surface area contributed by atoms with E-state index in [9.17, 15) is 4.79 Å². The van der Waals surface area contributed by atoms with Gasteiger partial charge in [-0.15, -0.1) is 0 Å². The molecule has 0 bridgehead atoms. The number of benzene rings is 2. The van der Waals surface area contributed by atoms with Gasteiger partial charge in [-0.1, -0.05) is 47.5 Å². The smallest absolute Gasteiger partial charge is 0.254 e. The van der Waals surface area contributed by atoms with Crippen LogP contribution in [0.15, 0.2) is 54.9 Å². The highest BCUT2D eigenvalue weighted by Gasteiger charge is 2.22. The SMILES string of the molecule is Cc1c(C(=O)NCC(c2ccc(Cl)cc2Cl)c2c[nH]c3ccccc23)cnn1C. The van der Waals surface area contributed by atoms with Gasteiger partial charge in [0, 0.05) is 52.3 Å². The van der Waals surface area contributed by atoms with E-state index >= 15 is 0 Å². The van der Waals surface area contributed by atoms with E-state index in [4.69, 9.17) is 23.2 Å². The lowest BCUT2D eigenvalue weighted by atomic mass is 9.90. The van der Waals surface area contributed by atoms with Crippen LogP contribution in [0, 0.1) is 6.92 Å². The maximum absolute atomic E-state index is 12.8. The Morgan fingerprint density at radius 1 is 1.21 bits per heavy atom. The number of halogens is 2. The fourth-order valence-electron chi connectivity index (χ4n) is 3.57. The third-order valence-electron chi connectivity index (χ3n) is 5.28. The second-order valence-electron chi connectivity index (χ2n) is 6.99. The van der Waals surface area contributed by atoms with Crippen molar-refractivity contribution in [2.45, 2.75) is 12.8 Å². The van der Waals surface area contributed by atoms with Crippen LogP contribution in [0.25, 0.3) is 10.9 Å². The molecule has 29 heavy (non-hydrogen) atoms. The molecule has 4 rings (SSSR count). The van der Waals surface area contributed by atoms with Gasteiger partial charge in [0.1, 0.15) is 0 Å². The number of para-hydroxylation sites is 1. The first-order valence-electron chi connectivity index (χ1n) is 9.23. The number of hydrogen-bond acceptors (Lipinski definition) is 2. The predicted octanol–water partition coefficient (Wildman–Crippen LogP) is 5.08. The van der Waals surface area contributed by atoms with Gasteiger partial charge in [-0.3, -0.25) is 9.48 Å². The molecule has 0 aliphatic carbocycles. The second kappa shape index (κ2) is 7.93. The Balaban J connectivity index is 1.70. The number of rotatable bonds is 5. The van der Waals surface area contributed by atoms with Crippen molar-refractivity contribution in [3.05, 3.63) is 87.3 Å². The molecule has 2 N–H and O–H groups in total. The lowest BCUT2D eigenvalue weighted by Crippen LogP contribution is -2.29. The largest absolute Gasteiger partial charge is 0.361 e. The highest BCUT2D eigenvalue weighted by molar-refractivity contribution is 6.35. The number of aromatic nitrogens is 3. The number of fused-ring (bicyclic) bond motifs is 1. The monoisotopic (exact) mass is 426 g/mol. The predicted molar refractivity (Wildman–Crippen MR) is 117 cm³/mol. The highest BCUT2D eigenvalue weighted by Crippen LogP contribution is 2.35. The number of amides is 1. The van der Waals surface area contributed by atoms with E-state index in [1.54, 1.807) is 16.9 Å². The van der Waals surface area contributed by atoms with Crippen LogP contribution in [-0.4, -0.2) is 27.2 Å². The molecule has 0 fully saturated rings. The molecule has 148 valence electrons. The van der Waals surface area contributed by atoms with Crippen LogP contribution in [0.2, 0.25) is 10.0 Å². The number of aryl methyl sites for hydroxylation is 1. The minimum Gasteiger partial charge on any atom is -0.361 e. The molecule has 0 saturated carbocycles. The first-order valence-corrected chi connectivity index (χ1v) is 9.99. The van der Waals surface area contributed by atoms with E-state index in [1.165, 1.54) is 0 Å². The maximum atomic E-state index is 12.8. The Hall–Kier alpha value is -2.76. The van der Waals surface area contributed by atoms with Crippen molar-refractivity contribution in [3.8, 4) is 0 Å². The molecule has 0 spiro atoms. The summed E-state index contributed by atoms with van der Waals surface area (Å²) in [5, 5.41) is 9.44. The molecule has 7 heteroatoms. The molecular formula is C22H20Cl2N4O. The fraction of sp³-hybridized carbons (Fsp3) is 0.182. The Kier molecular flexibility index (Phi) is 5.35. The van der Waals surface area contributed by atoms with Crippen LogP contribution < -0.4 is 5.32 Å². The van der Waals surface area contributed by atoms with Crippen LogP contribution in [0.3, 0.4) is 0 Å². The van der Waals surface area contributed by atoms with Crippen molar-refractivity contribution in [2.75, 3.05) is 6.54 Å². The average molecular weight is 427 g/mol. The van der Waals surface area contributed by atoms with Crippen molar-refractivity contribution >= 4 is 40.0 Å². The van der Waals surface area contributed by atoms with Gasteiger partial charge in [0.2, 0.25) is 0 Å². The zero-order valence-corrected chi connectivity index (χ0v) is 17.6. The van der Waals surface area contributed by atoms with E-state index in [0.717, 1.165) is 27.7 Å². The molecule has 2 aromatic carbocycles.